The minimum Gasteiger partial charge on any atom is -0.462 e. The molecule has 0 spiro atoms. The molecule has 0 heterocycles. The molecule has 0 aliphatic heterocycles. The zero-order valence-electron chi connectivity index (χ0n) is 40.5. The SMILES string of the molecule is CC/C=C\C/C=C\C/C=C\C/C=C\C/C=C\C/C=C\CCCCCCCCCCCCC(=O)OC(COC(=O)CCCCCCC/C=C\C/C=C\CCCC)COP(=O)(O)OCCN. The molecule has 3 N–H and O–H groups in total. The van der Waals surface area contributed by atoms with Crippen molar-refractivity contribution in [1.29, 1.82) is 0 Å². The van der Waals surface area contributed by atoms with Crippen molar-refractivity contribution < 1.29 is 37.6 Å². The maximum atomic E-state index is 12.6. The number of carbonyl (C=O) groups is 2. The second kappa shape index (κ2) is 49.4. The molecule has 0 saturated carbocycles. The number of phosphoric ester groups is 1. The first-order valence-electron chi connectivity index (χ1n) is 25.2. The van der Waals surface area contributed by atoms with Crippen LogP contribution in [0.4, 0.5) is 0 Å². The number of esters is 2. The largest absolute Gasteiger partial charge is 0.472 e. The maximum absolute atomic E-state index is 12.6. The van der Waals surface area contributed by atoms with E-state index in [0.29, 0.717) is 12.8 Å². The van der Waals surface area contributed by atoms with E-state index in [1.807, 2.05) is 0 Å². The number of ether oxygens (including phenoxy) is 2. The molecule has 0 radical (unpaired) electrons. The molecule has 9 nitrogen and oxygen atoms in total. The fourth-order valence-electron chi connectivity index (χ4n) is 6.48. The highest BCUT2D eigenvalue weighted by molar-refractivity contribution is 7.47. The molecule has 0 aromatic rings. The van der Waals surface area contributed by atoms with Crippen molar-refractivity contribution in [3.8, 4) is 0 Å². The van der Waals surface area contributed by atoms with Crippen LogP contribution in [0.2, 0.25) is 0 Å². The zero-order valence-corrected chi connectivity index (χ0v) is 41.4. The van der Waals surface area contributed by atoms with E-state index in [1.165, 1.54) is 51.4 Å². The van der Waals surface area contributed by atoms with Crippen LogP contribution in [-0.2, 0) is 32.7 Å². The standard InChI is InChI=1S/C54H92NO8P/c1-3-5-7-9-11-13-15-17-19-20-21-22-23-24-25-26-27-28-29-30-31-32-33-35-37-39-41-43-45-47-54(57)63-52(51-62-64(58,59)61-49-48-55)50-60-53(56)46-44-42-40-38-36-34-18-16-14-12-10-8-6-4-2/h5,7,10-13,16-19,21-22,24-25,27-28,52H,3-4,6,8-9,14-15,20,23,26,29-51,55H2,1-2H3,(H,58,59)/b7-5-,12-10-,13-11-,18-16-,19-17-,22-21-,25-24-,28-27-. The van der Waals surface area contributed by atoms with E-state index in [-0.39, 0.29) is 32.6 Å². The fraction of sp³-hybridized carbons (Fsp3) is 0.667. The Morgan fingerprint density at radius 2 is 0.859 bits per heavy atom. The van der Waals surface area contributed by atoms with Gasteiger partial charge < -0.3 is 20.1 Å². The average molecular weight is 914 g/mol. The first kappa shape index (κ1) is 60.9. The van der Waals surface area contributed by atoms with Crippen LogP contribution in [0.5, 0.6) is 0 Å². The lowest BCUT2D eigenvalue weighted by molar-refractivity contribution is -0.161. The van der Waals surface area contributed by atoms with E-state index in [2.05, 4.69) is 111 Å². The molecular weight excluding hydrogens is 822 g/mol. The third-order valence-electron chi connectivity index (χ3n) is 10.2. The highest BCUT2D eigenvalue weighted by Crippen LogP contribution is 2.43. The molecule has 10 heteroatoms. The number of hydrogen-bond acceptors (Lipinski definition) is 8. The summed E-state index contributed by atoms with van der Waals surface area (Å²) < 4.78 is 32.9. The molecule has 366 valence electrons. The van der Waals surface area contributed by atoms with Crippen LogP contribution in [0.1, 0.15) is 200 Å². The Morgan fingerprint density at radius 3 is 1.28 bits per heavy atom. The van der Waals surface area contributed by atoms with Gasteiger partial charge in [-0.1, -0.05) is 195 Å². The van der Waals surface area contributed by atoms with E-state index >= 15 is 0 Å². The van der Waals surface area contributed by atoms with Gasteiger partial charge in [0.2, 0.25) is 0 Å². The molecule has 0 saturated heterocycles. The minimum absolute atomic E-state index is 0.0460. The minimum atomic E-state index is -4.39. The average Bonchev–Trinajstić information content (AvgIpc) is 3.28. The van der Waals surface area contributed by atoms with Crippen molar-refractivity contribution in [2.45, 2.75) is 206 Å². The molecule has 0 fully saturated rings. The van der Waals surface area contributed by atoms with Crippen LogP contribution in [0.25, 0.3) is 0 Å². The van der Waals surface area contributed by atoms with Gasteiger partial charge in [-0.3, -0.25) is 18.6 Å². The smallest absolute Gasteiger partial charge is 0.462 e. The molecule has 0 aliphatic carbocycles. The summed E-state index contributed by atoms with van der Waals surface area (Å²) in [7, 11) is -4.39. The number of hydrogen-bond donors (Lipinski definition) is 2. The second-order valence-electron chi connectivity index (χ2n) is 16.3. The summed E-state index contributed by atoms with van der Waals surface area (Å²) in [6, 6.07) is 0. The van der Waals surface area contributed by atoms with Crippen molar-refractivity contribution in [3.63, 3.8) is 0 Å². The third kappa shape index (κ3) is 48.4. The molecule has 64 heavy (non-hydrogen) atoms. The van der Waals surface area contributed by atoms with Crippen molar-refractivity contribution in [2.24, 2.45) is 5.73 Å². The summed E-state index contributed by atoms with van der Waals surface area (Å²) in [5, 5.41) is 0. The topological polar surface area (TPSA) is 134 Å². The van der Waals surface area contributed by atoms with Gasteiger partial charge in [0, 0.05) is 19.4 Å². The van der Waals surface area contributed by atoms with Gasteiger partial charge in [-0.05, 0) is 89.9 Å². The molecule has 2 unspecified atom stereocenters. The van der Waals surface area contributed by atoms with Gasteiger partial charge in [0.1, 0.15) is 6.61 Å². The number of rotatable bonds is 46. The van der Waals surface area contributed by atoms with Crippen LogP contribution >= 0.6 is 7.82 Å². The highest BCUT2D eigenvalue weighted by Gasteiger charge is 2.26. The van der Waals surface area contributed by atoms with Gasteiger partial charge >= 0.3 is 19.8 Å². The summed E-state index contributed by atoms with van der Waals surface area (Å²) in [4.78, 5) is 35.0. The van der Waals surface area contributed by atoms with E-state index in [0.717, 1.165) is 109 Å². The lowest BCUT2D eigenvalue weighted by atomic mass is 10.0. The van der Waals surface area contributed by atoms with E-state index in [4.69, 9.17) is 24.3 Å². The van der Waals surface area contributed by atoms with Gasteiger partial charge in [-0.2, -0.15) is 0 Å². The Kier molecular flexibility index (Phi) is 47.0. The van der Waals surface area contributed by atoms with Gasteiger partial charge in [0.25, 0.3) is 0 Å². The predicted molar refractivity (Wildman–Crippen MR) is 270 cm³/mol. The van der Waals surface area contributed by atoms with Crippen molar-refractivity contribution in [2.75, 3.05) is 26.4 Å². The van der Waals surface area contributed by atoms with Crippen molar-refractivity contribution in [3.05, 3.63) is 97.2 Å². The Morgan fingerprint density at radius 1 is 0.484 bits per heavy atom. The molecule has 0 aliphatic rings. The predicted octanol–water partition coefficient (Wildman–Crippen LogP) is 15.3. The Balaban J connectivity index is 4.05. The third-order valence-corrected chi connectivity index (χ3v) is 11.2. The first-order chi connectivity index (χ1) is 31.3. The number of carbonyl (C=O) groups excluding carboxylic acids is 2. The Labute approximate surface area is 391 Å². The highest BCUT2D eigenvalue weighted by atomic mass is 31.2. The molecule has 0 aromatic heterocycles. The van der Waals surface area contributed by atoms with Crippen LogP contribution in [0.3, 0.4) is 0 Å². The summed E-state index contributed by atoms with van der Waals surface area (Å²) in [5.41, 5.74) is 5.36. The first-order valence-corrected chi connectivity index (χ1v) is 26.7. The number of nitrogens with two attached hydrogens (primary N) is 1. The number of phosphoric acid groups is 1. The number of unbranched alkanes of at least 4 members (excludes halogenated alkanes) is 17. The number of allylic oxidation sites excluding steroid dienone is 16. The molecular formula is C54H92NO8P. The van der Waals surface area contributed by atoms with Gasteiger partial charge in [0.15, 0.2) is 6.10 Å². The molecule has 0 amide bonds. The van der Waals surface area contributed by atoms with Crippen LogP contribution in [0, 0.1) is 0 Å². The van der Waals surface area contributed by atoms with Crippen molar-refractivity contribution in [1.82, 2.24) is 0 Å². The molecule has 0 rings (SSSR count). The lowest BCUT2D eigenvalue weighted by Gasteiger charge is -2.19. The van der Waals surface area contributed by atoms with Crippen LogP contribution in [0.15, 0.2) is 97.2 Å². The van der Waals surface area contributed by atoms with E-state index in [1.54, 1.807) is 0 Å². The van der Waals surface area contributed by atoms with E-state index in [9.17, 15) is 19.0 Å². The van der Waals surface area contributed by atoms with E-state index < -0.39 is 32.5 Å². The lowest BCUT2D eigenvalue weighted by Crippen LogP contribution is -2.29. The Bertz CT molecular complexity index is 1360. The fourth-order valence-corrected chi connectivity index (χ4v) is 7.24. The molecule has 0 bridgehead atoms. The van der Waals surface area contributed by atoms with Gasteiger partial charge in [-0.25, -0.2) is 4.57 Å². The Hall–Kier alpha value is -3.07. The zero-order chi connectivity index (χ0) is 46.7. The summed E-state index contributed by atoms with van der Waals surface area (Å²) in [6.45, 7) is 3.55. The quantitative estimate of drug-likeness (QED) is 0.0265. The van der Waals surface area contributed by atoms with Gasteiger partial charge in [-0.15, -0.1) is 0 Å². The molecule has 2 atom stereocenters. The summed E-state index contributed by atoms with van der Waals surface area (Å²) in [5.74, 6) is -0.856. The van der Waals surface area contributed by atoms with Crippen LogP contribution < -0.4 is 5.73 Å². The monoisotopic (exact) mass is 914 g/mol. The second-order valence-corrected chi connectivity index (χ2v) is 17.8. The van der Waals surface area contributed by atoms with Gasteiger partial charge in [0.05, 0.1) is 13.2 Å². The summed E-state index contributed by atoms with van der Waals surface area (Å²) >= 11 is 0. The maximum Gasteiger partial charge on any atom is 0.472 e. The van der Waals surface area contributed by atoms with Crippen molar-refractivity contribution >= 4 is 19.8 Å². The normalized spacial score (nSPS) is 14.0. The summed E-state index contributed by atoms with van der Waals surface area (Å²) in [6.07, 6.45) is 64.4. The molecule has 0 aromatic carbocycles. The van der Waals surface area contributed by atoms with Crippen LogP contribution in [-0.4, -0.2) is 49.3 Å².